The van der Waals surface area contributed by atoms with E-state index in [0.29, 0.717) is 0 Å². The third-order valence-electron chi connectivity index (χ3n) is 2.68. The van der Waals surface area contributed by atoms with Gasteiger partial charge in [-0.25, -0.2) is 4.98 Å². The van der Waals surface area contributed by atoms with Crippen LogP contribution in [0.15, 0.2) is 33.6 Å². The minimum Gasteiger partial charge on any atom is -0.389 e. The van der Waals surface area contributed by atoms with Crippen LogP contribution < -0.4 is 4.90 Å². The van der Waals surface area contributed by atoms with E-state index in [1.165, 1.54) is 5.56 Å². The molecule has 0 amide bonds. The van der Waals surface area contributed by atoms with Crippen molar-refractivity contribution >= 4 is 33.1 Å². The number of aliphatic hydroxyl groups excluding tert-OH is 1. The lowest BCUT2D eigenvalue weighted by Crippen LogP contribution is -2.17. The molecule has 0 radical (unpaired) electrons. The fourth-order valence-electron chi connectivity index (χ4n) is 1.69. The van der Waals surface area contributed by atoms with E-state index < -0.39 is 6.10 Å². The molecule has 0 saturated heterocycles. The molecule has 2 rings (SSSR count). The predicted molar refractivity (Wildman–Crippen MR) is 79.0 cm³/mol. The summed E-state index contributed by atoms with van der Waals surface area (Å²) in [5, 5.41) is 11.7. The van der Waals surface area contributed by atoms with E-state index in [2.05, 4.69) is 37.3 Å². The van der Waals surface area contributed by atoms with E-state index in [1.54, 1.807) is 24.5 Å². The second kappa shape index (κ2) is 5.82. The second-order valence-electron chi connectivity index (χ2n) is 4.24. The molecule has 0 aliphatic rings. The monoisotopic (exact) mass is 326 g/mol. The van der Waals surface area contributed by atoms with E-state index in [0.717, 1.165) is 21.7 Å². The van der Waals surface area contributed by atoms with Crippen LogP contribution in [0, 0.1) is 0 Å². The molecule has 3 nitrogen and oxygen atoms in total. The molecule has 2 aromatic heterocycles. The van der Waals surface area contributed by atoms with E-state index >= 15 is 0 Å². The molecule has 0 saturated carbocycles. The number of halogens is 1. The maximum atomic E-state index is 9.57. The van der Waals surface area contributed by atoms with Crippen LogP contribution in [0.3, 0.4) is 0 Å². The summed E-state index contributed by atoms with van der Waals surface area (Å²) in [5.41, 5.74) is 2.14. The molecule has 96 valence electrons. The lowest BCUT2D eigenvalue weighted by Gasteiger charge is -2.18. The molecule has 0 fully saturated rings. The zero-order valence-electron chi connectivity index (χ0n) is 10.3. The number of rotatable bonds is 4. The van der Waals surface area contributed by atoms with Gasteiger partial charge in [0, 0.05) is 19.8 Å². The molecule has 0 aliphatic carbocycles. The first-order chi connectivity index (χ1) is 8.56. The Morgan fingerprint density at radius 3 is 2.89 bits per heavy atom. The molecule has 1 N–H and O–H groups in total. The van der Waals surface area contributed by atoms with Crippen LogP contribution in [-0.2, 0) is 6.54 Å². The van der Waals surface area contributed by atoms with Crippen molar-refractivity contribution in [2.75, 3.05) is 11.9 Å². The van der Waals surface area contributed by atoms with Crippen LogP contribution in [0.4, 0.5) is 5.82 Å². The van der Waals surface area contributed by atoms with Crippen molar-refractivity contribution in [2.45, 2.75) is 19.6 Å². The normalized spacial score (nSPS) is 12.4. The molecule has 2 heterocycles. The van der Waals surface area contributed by atoms with Gasteiger partial charge in [0.2, 0.25) is 0 Å². The largest absolute Gasteiger partial charge is 0.389 e. The summed E-state index contributed by atoms with van der Waals surface area (Å²) in [6.45, 7) is 2.56. The molecule has 0 spiro atoms. The summed E-state index contributed by atoms with van der Waals surface area (Å²) in [4.78, 5) is 6.40. The van der Waals surface area contributed by atoms with E-state index in [9.17, 15) is 5.11 Å². The standard InChI is InChI=1S/C13H15BrN2OS/c1-9(17)11-3-4-15-13(6-11)16(2)7-10-5-12(14)18-8-10/h3-6,8-9,17H,7H2,1-2H3/t9-/m0/s1. The first kappa shape index (κ1) is 13.5. The first-order valence-electron chi connectivity index (χ1n) is 5.64. The van der Waals surface area contributed by atoms with Gasteiger partial charge in [-0.1, -0.05) is 0 Å². The van der Waals surface area contributed by atoms with Crippen molar-refractivity contribution in [3.8, 4) is 0 Å². The summed E-state index contributed by atoms with van der Waals surface area (Å²) in [6.07, 6.45) is 1.27. The highest BCUT2D eigenvalue weighted by Crippen LogP contribution is 2.23. The van der Waals surface area contributed by atoms with Crippen LogP contribution in [0.1, 0.15) is 24.2 Å². The highest BCUT2D eigenvalue weighted by Gasteiger charge is 2.08. The summed E-state index contributed by atoms with van der Waals surface area (Å²) >= 11 is 5.14. The van der Waals surface area contributed by atoms with E-state index in [1.807, 2.05) is 19.2 Å². The Bertz CT molecular complexity index is 527. The number of thiophene rings is 1. The Labute approximate surface area is 119 Å². The second-order valence-corrected chi connectivity index (χ2v) is 6.53. The van der Waals surface area contributed by atoms with E-state index in [-0.39, 0.29) is 0 Å². The summed E-state index contributed by atoms with van der Waals surface area (Å²) < 4.78 is 1.14. The van der Waals surface area contributed by atoms with Gasteiger partial charge in [-0.15, -0.1) is 11.3 Å². The minimum atomic E-state index is -0.463. The number of hydrogen-bond donors (Lipinski definition) is 1. The minimum absolute atomic E-state index is 0.463. The molecule has 0 unspecified atom stereocenters. The lowest BCUT2D eigenvalue weighted by atomic mass is 10.1. The van der Waals surface area contributed by atoms with E-state index in [4.69, 9.17) is 0 Å². The maximum Gasteiger partial charge on any atom is 0.128 e. The molecule has 2 aromatic rings. The van der Waals surface area contributed by atoms with Gasteiger partial charge < -0.3 is 10.0 Å². The third-order valence-corrected chi connectivity index (χ3v) is 4.24. The van der Waals surface area contributed by atoms with Gasteiger partial charge >= 0.3 is 0 Å². The van der Waals surface area contributed by atoms with Crippen LogP contribution in [0.25, 0.3) is 0 Å². The van der Waals surface area contributed by atoms with Crippen molar-refractivity contribution in [3.05, 3.63) is 44.7 Å². The SMILES string of the molecule is C[C@H](O)c1ccnc(N(C)Cc2csc(Br)c2)c1. The average molecular weight is 327 g/mol. The summed E-state index contributed by atoms with van der Waals surface area (Å²) in [7, 11) is 2.00. The quantitative estimate of drug-likeness (QED) is 0.932. The number of aliphatic hydroxyl groups is 1. The highest BCUT2D eigenvalue weighted by molar-refractivity contribution is 9.11. The number of anilines is 1. The van der Waals surface area contributed by atoms with Gasteiger partial charge in [0.25, 0.3) is 0 Å². The van der Waals surface area contributed by atoms with Gasteiger partial charge in [0.15, 0.2) is 0 Å². The third kappa shape index (κ3) is 3.31. The number of hydrogen-bond acceptors (Lipinski definition) is 4. The van der Waals surface area contributed by atoms with Gasteiger partial charge in [0.1, 0.15) is 5.82 Å². The lowest BCUT2D eigenvalue weighted by molar-refractivity contribution is 0.199. The number of nitrogens with zero attached hydrogens (tertiary/aromatic N) is 2. The van der Waals surface area contributed by atoms with Crippen LogP contribution in [0.2, 0.25) is 0 Å². The van der Waals surface area contributed by atoms with Crippen molar-refractivity contribution in [3.63, 3.8) is 0 Å². The number of pyridine rings is 1. The molecule has 18 heavy (non-hydrogen) atoms. The van der Waals surface area contributed by atoms with Crippen LogP contribution in [-0.4, -0.2) is 17.1 Å². The predicted octanol–water partition coefficient (Wildman–Crippen LogP) is 3.60. The van der Waals surface area contributed by atoms with Gasteiger partial charge in [-0.3, -0.25) is 0 Å². The highest BCUT2D eigenvalue weighted by atomic mass is 79.9. The number of aromatic nitrogens is 1. The Balaban J connectivity index is 2.13. The van der Waals surface area contributed by atoms with Crippen molar-refractivity contribution in [2.24, 2.45) is 0 Å². The maximum absolute atomic E-state index is 9.57. The first-order valence-corrected chi connectivity index (χ1v) is 7.31. The molecular formula is C13H15BrN2OS. The molecule has 5 heteroatoms. The van der Waals surface area contributed by atoms with Crippen molar-refractivity contribution in [1.29, 1.82) is 0 Å². The summed E-state index contributed by atoms with van der Waals surface area (Å²) in [5.74, 6) is 0.871. The molecule has 0 aliphatic heterocycles. The van der Waals surface area contributed by atoms with Crippen LogP contribution >= 0.6 is 27.3 Å². The Morgan fingerprint density at radius 2 is 2.28 bits per heavy atom. The van der Waals surface area contributed by atoms with Gasteiger partial charge in [-0.2, -0.15) is 0 Å². The Morgan fingerprint density at radius 1 is 1.50 bits per heavy atom. The van der Waals surface area contributed by atoms with Gasteiger partial charge in [0.05, 0.1) is 9.89 Å². The fourth-order valence-corrected chi connectivity index (χ4v) is 2.89. The Kier molecular flexibility index (Phi) is 4.37. The zero-order valence-corrected chi connectivity index (χ0v) is 12.7. The molecule has 0 aromatic carbocycles. The zero-order chi connectivity index (χ0) is 13.1. The smallest absolute Gasteiger partial charge is 0.128 e. The van der Waals surface area contributed by atoms with Crippen molar-refractivity contribution < 1.29 is 5.11 Å². The molecule has 0 bridgehead atoms. The topological polar surface area (TPSA) is 36.4 Å². The molecule has 1 atom stereocenters. The molecular weight excluding hydrogens is 312 g/mol. The van der Waals surface area contributed by atoms with Gasteiger partial charge in [-0.05, 0) is 57.6 Å². The fraction of sp³-hybridized carbons (Fsp3) is 0.308. The van der Waals surface area contributed by atoms with Crippen LogP contribution in [0.5, 0.6) is 0 Å². The summed E-state index contributed by atoms with van der Waals surface area (Å²) in [6, 6.07) is 5.87. The Hall–Kier alpha value is -0.910. The van der Waals surface area contributed by atoms with Crippen molar-refractivity contribution in [1.82, 2.24) is 4.98 Å². The average Bonchev–Trinajstić information content (AvgIpc) is 2.75.